The van der Waals surface area contributed by atoms with Crippen LogP contribution in [0.5, 0.6) is 0 Å². The van der Waals surface area contributed by atoms with Gasteiger partial charge in [-0.05, 0) is 43.4 Å². The summed E-state index contributed by atoms with van der Waals surface area (Å²) in [6, 6.07) is 4.51. The minimum atomic E-state index is -0.937. The summed E-state index contributed by atoms with van der Waals surface area (Å²) in [5, 5.41) is 5.54. The molecule has 0 radical (unpaired) electrons. The van der Waals surface area contributed by atoms with E-state index in [1.165, 1.54) is 12.1 Å². The molecule has 2 atom stereocenters. The van der Waals surface area contributed by atoms with Crippen LogP contribution in [0.15, 0.2) is 36.7 Å². The van der Waals surface area contributed by atoms with Gasteiger partial charge in [-0.25, -0.2) is 14.2 Å². The van der Waals surface area contributed by atoms with Crippen molar-refractivity contribution >= 4 is 17.8 Å². The van der Waals surface area contributed by atoms with Gasteiger partial charge in [-0.3, -0.25) is 14.5 Å². The third-order valence-corrected chi connectivity index (χ3v) is 5.62. The Morgan fingerprint density at radius 3 is 2.62 bits per heavy atom. The summed E-state index contributed by atoms with van der Waals surface area (Å²) in [4.78, 5) is 43.0. The lowest BCUT2D eigenvalue weighted by atomic mass is 9.96. The molecule has 2 fully saturated rings. The summed E-state index contributed by atoms with van der Waals surface area (Å²) in [5.41, 5.74) is -0.304. The molecule has 1 aliphatic heterocycles. The highest BCUT2D eigenvalue weighted by atomic mass is 19.1. The van der Waals surface area contributed by atoms with Gasteiger partial charge in [0.15, 0.2) is 0 Å². The van der Waals surface area contributed by atoms with Crippen LogP contribution in [0.4, 0.5) is 9.18 Å². The monoisotopic (exact) mass is 399 g/mol. The molecule has 2 aliphatic rings. The maximum Gasteiger partial charge on any atom is 0.325 e. The predicted molar refractivity (Wildman–Crippen MR) is 101 cm³/mol. The SMILES string of the molecule is Cn1ccnc1C(NC(=O)CN1C(=O)NC(C)(C2CC2)C1=O)c1ccc(F)cc1. The number of aromatic nitrogens is 2. The third kappa shape index (κ3) is 3.48. The Labute approximate surface area is 167 Å². The van der Waals surface area contributed by atoms with Gasteiger partial charge in [0.05, 0.1) is 0 Å². The van der Waals surface area contributed by atoms with Gasteiger partial charge >= 0.3 is 6.03 Å². The Morgan fingerprint density at radius 1 is 1.34 bits per heavy atom. The van der Waals surface area contributed by atoms with E-state index in [9.17, 15) is 18.8 Å². The first-order chi connectivity index (χ1) is 13.8. The number of hydrogen-bond donors (Lipinski definition) is 2. The van der Waals surface area contributed by atoms with E-state index in [0.717, 1.165) is 17.7 Å². The van der Waals surface area contributed by atoms with Crippen molar-refractivity contribution in [3.63, 3.8) is 0 Å². The van der Waals surface area contributed by atoms with E-state index in [1.807, 2.05) is 0 Å². The number of imidazole rings is 1. The molecule has 2 heterocycles. The minimum Gasteiger partial charge on any atom is -0.341 e. The fourth-order valence-corrected chi connectivity index (χ4v) is 3.75. The van der Waals surface area contributed by atoms with Gasteiger partial charge in [-0.15, -0.1) is 0 Å². The molecule has 1 aromatic heterocycles. The molecule has 1 aromatic carbocycles. The smallest absolute Gasteiger partial charge is 0.325 e. The number of nitrogens with one attached hydrogen (secondary N) is 2. The second kappa shape index (κ2) is 6.98. The Morgan fingerprint density at radius 2 is 2.03 bits per heavy atom. The van der Waals surface area contributed by atoms with Crippen LogP contribution in [-0.2, 0) is 16.6 Å². The van der Waals surface area contributed by atoms with Crippen LogP contribution < -0.4 is 10.6 Å². The number of nitrogens with zero attached hydrogens (tertiary/aromatic N) is 3. The number of hydrogen-bond acceptors (Lipinski definition) is 4. The highest BCUT2D eigenvalue weighted by molar-refractivity contribution is 6.09. The molecule has 2 aromatic rings. The average molecular weight is 399 g/mol. The molecule has 1 saturated heterocycles. The Bertz CT molecular complexity index is 969. The lowest BCUT2D eigenvalue weighted by Crippen LogP contribution is -2.47. The van der Waals surface area contributed by atoms with Gasteiger partial charge < -0.3 is 15.2 Å². The fourth-order valence-electron chi connectivity index (χ4n) is 3.75. The summed E-state index contributed by atoms with van der Waals surface area (Å²) >= 11 is 0. The van der Waals surface area contributed by atoms with E-state index < -0.39 is 35.9 Å². The van der Waals surface area contributed by atoms with Crippen molar-refractivity contribution in [3.05, 3.63) is 53.9 Å². The topological polar surface area (TPSA) is 96.3 Å². The second-order valence-electron chi connectivity index (χ2n) is 7.75. The van der Waals surface area contributed by atoms with Crippen molar-refractivity contribution in [3.8, 4) is 0 Å². The van der Waals surface area contributed by atoms with Crippen molar-refractivity contribution in [2.24, 2.45) is 13.0 Å². The lowest BCUT2D eigenvalue weighted by Gasteiger charge is -2.22. The van der Waals surface area contributed by atoms with Gasteiger partial charge in [0.1, 0.15) is 29.8 Å². The van der Waals surface area contributed by atoms with Crippen LogP contribution in [0.1, 0.15) is 37.2 Å². The molecule has 0 spiro atoms. The number of halogens is 1. The second-order valence-corrected chi connectivity index (χ2v) is 7.75. The zero-order chi connectivity index (χ0) is 20.8. The Balaban J connectivity index is 1.53. The van der Waals surface area contributed by atoms with Crippen LogP contribution >= 0.6 is 0 Å². The fraction of sp³-hybridized carbons (Fsp3) is 0.400. The molecule has 29 heavy (non-hydrogen) atoms. The molecule has 152 valence electrons. The van der Waals surface area contributed by atoms with Crippen molar-refractivity contribution in [2.75, 3.05) is 6.54 Å². The zero-order valence-electron chi connectivity index (χ0n) is 16.2. The maximum absolute atomic E-state index is 13.3. The number of urea groups is 1. The first-order valence-corrected chi connectivity index (χ1v) is 9.46. The highest BCUT2D eigenvalue weighted by Crippen LogP contribution is 2.42. The van der Waals surface area contributed by atoms with Gasteiger partial charge in [0.2, 0.25) is 5.91 Å². The molecule has 2 unspecified atom stereocenters. The standard InChI is InChI=1S/C20H22FN5O3/c1-20(13-5-6-13)18(28)26(19(29)24-20)11-15(27)23-16(17-22-9-10-25(17)2)12-3-7-14(21)8-4-12/h3-4,7-10,13,16H,5-6,11H2,1-2H3,(H,23,27)(H,24,29). The van der Waals surface area contributed by atoms with Crippen LogP contribution in [0.2, 0.25) is 0 Å². The van der Waals surface area contributed by atoms with Crippen molar-refractivity contribution in [2.45, 2.75) is 31.3 Å². The molecule has 4 amide bonds. The highest BCUT2D eigenvalue weighted by Gasteiger charge is 2.56. The molecule has 4 rings (SSSR count). The van der Waals surface area contributed by atoms with Crippen molar-refractivity contribution < 1.29 is 18.8 Å². The number of carbonyl (C=O) groups is 3. The van der Waals surface area contributed by atoms with Crippen LogP contribution in [0.3, 0.4) is 0 Å². The van der Waals surface area contributed by atoms with E-state index in [2.05, 4.69) is 15.6 Å². The summed E-state index contributed by atoms with van der Waals surface area (Å²) in [6.45, 7) is 1.31. The largest absolute Gasteiger partial charge is 0.341 e. The molecular weight excluding hydrogens is 377 g/mol. The Hall–Kier alpha value is -3.23. The van der Waals surface area contributed by atoms with Gasteiger partial charge in [0, 0.05) is 19.4 Å². The van der Waals surface area contributed by atoms with Crippen molar-refractivity contribution in [1.29, 1.82) is 0 Å². The predicted octanol–water partition coefficient (Wildman–Crippen LogP) is 1.49. The lowest BCUT2D eigenvalue weighted by molar-refractivity contribution is -0.135. The number of carbonyl (C=O) groups excluding carboxylic acids is 3. The zero-order valence-corrected chi connectivity index (χ0v) is 16.2. The average Bonchev–Trinajstić information content (AvgIpc) is 3.42. The molecule has 8 nitrogen and oxygen atoms in total. The van der Waals surface area contributed by atoms with E-state index >= 15 is 0 Å². The third-order valence-electron chi connectivity index (χ3n) is 5.62. The molecular formula is C20H22FN5O3. The summed E-state index contributed by atoms with van der Waals surface area (Å²) in [6.07, 6.45) is 5.09. The summed E-state index contributed by atoms with van der Waals surface area (Å²) < 4.78 is 15.1. The van der Waals surface area contributed by atoms with Crippen LogP contribution in [0, 0.1) is 11.7 Å². The number of amides is 4. The van der Waals surface area contributed by atoms with E-state index in [4.69, 9.17) is 0 Å². The first kappa shape index (κ1) is 19.1. The molecule has 1 aliphatic carbocycles. The van der Waals surface area contributed by atoms with Crippen LogP contribution in [-0.4, -0.2) is 44.4 Å². The van der Waals surface area contributed by atoms with E-state index in [0.29, 0.717) is 11.4 Å². The number of aryl methyl sites for hydroxylation is 1. The first-order valence-electron chi connectivity index (χ1n) is 9.46. The quantitative estimate of drug-likeness (QED) is 0.720. The minimum absolute atomic E-state index is 0.117. The summed E-state index contributed by atoms with van der Waals surface area (Å²) in [7, 11) is 1.78. The summed E-state index contributed by atoms with van der Waals surface area (Å²) in [5.74, 6) is -0.616. The van der Waals surface area contributed by atoms with Gasteiger partial charge in [-0.2, -0.15) is 0 Å². The number of rotatable bonds is 6. The van der Waals surface area contributed by atoms with E-state index in [1.54, 1.807) is 43.1 Å². The van der Waals surface area contributed by atoms with Gasteiger partial charge in [-0.1, -0.05) is 12.1 Å². The molecule has 2 N–H and O–H groups in total. The van der Waals surface area contributed by atoms with Crippen LogP contribution in [0.25, 0.3) is 0 Å². The van der Waals surface area contributed by atoms with Crippen molar-refractivity contribution in [1.82, 2.24) is 25.1 Å². The van der Waals surface area contributed by atoms with Gasteiger partial charge in [0.25, 0.3) is 5.91 Å². The molecule has 9 heteroatoms. The number of imide groups is 1. The maximum atomic E-state index is 13.3. The Kier molecular flexibility index (Phi) is 4.60. The normalized spacial score (nSPS) is 22.5. The molecule has 1 saturated carbocycles. The molecule has 0 bridgehead atoms. The number of benzene rings is 1. The van der Waals surface area contributed by atoms with E-state index in [-0.39, 0.29) is 11.8 Å².